The largest absolute Gasteiger partial charge is 0.497 e. The fourth-order valence-electron chi connectivity index (χ4n) is 2.32. The Labute approximate surface area is 153 Å². The van der Waals surface area contributed by atoms with Gasteiger partial charge in [-0.3, -0.25) is 4.79 Å². The van der Waals surface area contributed by atoms with Crippen molar-refractivity contribution in [3.05, 3.63) is 64.9 Å². The molecule has 0 saturated carbocycles. The third kappa shape index (κ3) is 3.83. The molecule has 3 rings (SSSR count). The number of nitrogens with one attached hydrogen (secondary N) is 1. The molecule has 3 aromatic rings. The van der Waals surface area contributed by atoms with Crippen LogP contribution < -0.4 is 14.8 Å². The molecule has 0 spiro atoms. The van der Waals surface area contributed by atoms with E-state index in [2.05, 4.69) is 26.3 Å². The van der Waals surface area contributed by atoms with Crippen molar-refractivity contribution in [2.24, 2.45) is 0 Å². The van der Waals surface area contributed by atoms with Crippen LogP contribution in [0.1, 0.15) is 10.4 Å². The summed E-state index contributed by atoms with van der Waals surface area (Å²) in [6.45, 7) is 0. The summed E-state index contributed by atoms with van der Waals surface area (Å²) in [6.07, 6.45) is 3.57. The van der Waals surface area contributed by atoms with Crippen molar-refractivity contribution in [2.45, 2.75) is 0 Å². The van der Waals surface area contributed by atoms with Gasteiger partial charge in [0, 0.05) is 18.0 Å². The third-order valence-corrected chi connectivity index (χ3v) is 4.00. The van der Waals surface area contributed by atoms with Crippen molar-refractivity contribution in [1.82, 2.24) is 9.78 Å². The van der Waals surface area contributed by atoms with Gasteiger partial charge in [0.05, 0.1) is 36.1 Å². The molecular weight excluding hydrogens is 386 g/mol. The topological polar surface area (TPSA) is 65.4 Å². The summed E-state index contributed by atoms with van der Waals surface area (Å²) in [6, 6.07) is 12.4. The molecule has 6 nitrogen and oxygen atoms in total. The van der Waals surface area contributed by atoms with Crippen LogP contribution in [-0.4, -0.2) is 29.9 Å². The van der Waals surface area contributed by atoms with Crippen LogP contribution in [0.3, 0.4) is 0 Å². The van der Waals surface area contributed by atoms with Crippen LogP contribution in [0.2, 0.25) is 0 Å². The summed E-state index contributed by atoms with van der Waals surface area (Å²) in [5.74, 6) is 0.826. The minimum Gasteiger partial charge on any atom is -0.497 e. The van der Waals surface area contributed by atoms with Gasteiger partial charge in [-0.15, -0.1) is 0 Å². The molecule has 0 aliphatic heterocycles. The minimum atomic E-state index is -0.255. The molecule has 1 N–H and O–H groups in total. The molecule has 0 aliphatic rings. The second-order valence-corrected chi connectivity index (χ2v) is 6.09. The lowest BCUT2D eigenvalue weighted by atomic mass is 10.1. The maximum atomic E-state index is 12.5. The van der Waals surface area contributed by atoms with Crippen LogP contribution in [0.4, 0.5) is 5.69 Å². The highest BCUT2D eigenvalue weighted by molar-refractivity contribution is 9.10. The number of carbonyl (C=O) groups excluding carboxylic acids is 1. The third-order valence-electron chi connectivity index (χ3n) is 3.59. The zero-order valence-corrected chi connectivity index (χ0v) is 15.3. The number of amides is 1. The summed E-state index contributed by atoms with van der Waals surface area (Å²) in [7, 11) is 3.08. The van der Waals surface area contributed by atoms with Crippen LogP contribution in [0, 0.1) is 0 Å². The fraction of sp³-hybridized carbons (Fsp3) is 0.111. The average Bonchev–Trinajstić information content (AvgIpc) is 3.08. The first-order valence-corrected chi connectivity index (χ1v) is 8.24. The van der Waals surface area contributed by atoms with E-state index < -0.39 is 0 Å². The molecule has 0 fully saturated rings. The van der Waals surface area contributed by atoms with E-state index in [0.29, 0.717) is 22.7 Å². The van der Waals surface area contributed by atoms with E-state index in [9.17, 15) is 4.79 Å². The van der Waals surface area contributed by atoms with Gasteiger partial charge in [-0.1, -0.05) is 0 Å². The van der Waals surface area contributed by atoms with E-state index in [1.54, 1.807) is 36.2 Å². The Morgan fingerprint density at radius 1 is 1.12 bits per heavy atom. The zero-order chi connectivity index (χ0) is 17.8. The van der Waals surface area contributed by atoms with E-state index in [-0.39, 0.29) is 5.91 Å². The number of nitrogens with zero attached hydrogens (tertiary/aromatic N) is 2. The van der Waals surface area contributed by atoms with Gasteiger partial charge < -0.3 is 14.8 Å². The monoisotopic (exact) mass is 401 g/mol. The van der Waals surface area contributed by atoms with Crippen molar-refractivity contribution in [3.8, 4) is 17.2 Å². The van der Waals surface area contributed by atoms with E-state index >= 15 is 0 Å². The molecule has 1 amide bonds. The van der Waals surface area contributed by atoms with Gasteiger partial charge in [-0.25, -0.2) is 4.68 Å². The molecule has 0 bridgehead atoms. The Bertz CT molecular complexity index is 891. The van der Waals surface area contributed by atoms with Gasteiger partial charge in [0.25, 0.3) is 5.91 Å². The number of hydrogen-bond donors (Lipinski definition) is 1. The Hall–Kier alpha value is -2.80. The lowest BCUT2D eigenvalue weighted by Crippen LogP contribution is -2.13. The van der Waals surface area contributed by atoms with E-state index in [1.807, 2.05) is 30.5 Å². The van der Waals surface area contributed by atoms with Gasteiger partial charge in [-0.05, 0) is 52.3 Å². The number of ether oxygens (including phenoxy) is 2. The van der Waals surface area contributed by atoms with E-state index in [1.165, 1.54) is 7.11 Å². The maximum absolute atomic E-state index is 12.5. The van der Waals surface area contributed by atoms with Gasteiger partial charge in [0.15, 0.2) is 0 Å². The number of methoxy groups -OCH3 is 2. The summed E-state index contributed by atoms with van der Waals surface area (Å²) in [4.78, 5) is 12.5. The van der Waals surface area contributed by atoms with Gasteiger partial charge in [-0.2, -0.15) is 5.10 Å². The lowest BCUT2D eigenvalue weighted by molar-refractivity contribution is 0.102. The van der Waals surface area contributed by atoms with Crippen molar-refractivity contribution >= 4 is 27.5 Å². The normalized spacial score (nSPS) is 10.4. The van der Waals surface area contributed by atoms with Crippen LogP contribution >= 0.6 is 15.9 Å². The second-order valence-electron chi connectivity index (χ2n) is 5.17. The first kappa shape index (κ1) is 17.0. The molecule has 0 unspecified atom stereocenters. The Morgan fingerprint density at radius 3 is 2.48 bits per heavy atom. The maximum Gasteiger partial charge on any atom is 0.259 e. The van der Waals surface area contributed by atoms with Crippen molar-refractivity contribution in [1.29, 1.82) is 0 Å². The van der Waals surface area contributed by atoms with Crippen molar-refractivity contribution in [2.75, 3.05) is 19.5 Å². The zero-order valence-electron chi connectivity index (χ0n) is 13.7. The molecule has 1 aromatic heterocycles. The molecule has 25 heavy (non-hydrogen) atoms. The van der Waals surface area contributed by atoms with Crippen LogP contribution in [0.5, 0.6) is 11.5 Å². The lowest BCUT2D eigenvalue weighted by Gasteiger charge is -2.11. The Balaban J connectivity index is 1.77. The number of aromatic nitrogens is 2. The Kier molecular flexibility index (Phi) is 5.04. The van der Waals surface area contributed by atoms with E-state index in [4.69, 9.17) is 9.47 Å². The molecule has 128 valence electrons. The van der Waals surface area contributed by atoms with Gasteiger partial charge in [0.1, 0.15) is 11.5 Å². The SMILES string of the molecule is COc1ccc(C(=O)Nc2ccc(-n3cc(Br)cn3)cc2)c(OC)c1. The fourth-order valence-corrected chi connectivity index (χ4v) is 2.61. The molecule has 0 saturated heterocycles. The first-order chi connectivity index (χ1) is 12.1. The summed E-state index contributed by atoms with van der Waals surface area (Å²) >= 11 is 3.37. The van der Waals surface area contributed by atoms with Gasteiger partial charge >= 0.3 is 0 Å². The second kappa shape index (κ2) is 7.40. The minimum absolute atomic E-state index is 0.255. The number of benzene rings is 2. The average molecular weight is 402 g/mol. The van der Waals surface area contributed by atoms with Crippen LogP contribution in [0.15, 0.2) is 59.3 Å². The summed E-state index contributed by atoms with van der Waals surface area (Å²) in [5, 5.41) is 7.07. The predicted octanol–water partition coefficient (Wildman–Crippen LogP) is 3.90. The van der Waals surface area contributed by atoms with E-state index in [0.717, 1.165) is 10.2 Å². The van der Waals surface area contributed by atoms with Crippen molar-refractivity contribution in [3.63, 3.8) is 0 Å². The standard InChI is InChI=1S/C18H16BrN3O3/c1-24-15-7-8-16(17(9-15)25-2)18(23)21-13-3-5-14(6-4-13)22-11-12(19)10-20-22/h3-11H,1-2H3,(H,21,23). The molecular formula is C18H16BrN3O3. The molecule has 0 atom stereocenters. The number of hydrogen-bond acceptors (Lipinski definition) is 4. The molecule has 0 radical (unpaired) electrons. The van der Waals surface area contributed by atoms with Gasteiger partial charge in [0.2, 0.25) is 0 Å². The first-order valence-electron chi connectivity index (χ1n) is 7.44. The highest BCUT2D eigenvalue weighted by atomic mass is 79.9. The summed E-state index contributed by atoms with van der Waals surface area (Å²) in [5.41, 5.74) is 2.01. The molecule has 1 heterocycles. The van der Waals surface area contributed by atoms with Crippen LogP contribution in [-0.2, 0) is 0 Å². The van der Waals surface area contributed by atoms with Crippen LogP contribution in [0.25, 0.3) is 5.69 Å². The molecule has 7 heteroatoms. The number of anilines is 1. The molecule has 2 aromatic carbocycles. The number of carbonyl (C=O) groups is 1. The number of halogens is 1. The quantitative estimate of drug-likeness (QED) is 0.703. The predicted molar refractivity (Wildman–Crippen MR) is 98.8 cm³/mol. The highest BCUT2D eigenvalue weighted by Crippen LogP contribution is 2.25. The molecule has 0 aliphatic carbocycles. The number of rotatable bonds is 5. The van der Waals surface area contributed by atoms with Crippen molar-refractivity contribution < 1.29 is 14.3 Å². The Morgan fingerprint density at radius 2 is 1.88 bits per heavy atom. The smallest absolute Gasteiger partial charge is 0.259 e. The highest BCUT2D eigenvalue weighted by Gasteiger charge is 2.13. The summed E-state index contributed by atoms with van der Waals surface area (Å²) < 4.78 is 13.1.